The van der Waals surface area contributed by atoms with E-state index in [9.17, 15) is 44.7 Å². The van der Waals surface area contributed by atoms with E-state index in [1.807, 2.05) is 18.2 Å². The number of hydrogen-bond donors (Lipinski definition) is 4. The molecule has 0 saturated carbocycles. The predicted octanol–water partition coefficient (Wildman–Crippen LogP) is 12.2. The first kappa shape index (κ1) is 68.3. The third-order valence-corrected chi connectivity index (χ3v) is 11.7. The molecule has 23 nitrogen and oxygen atoms in total. The summed E-state index contributed by atoms with van der Waals surface area (Å²) in [4.78, 5) is 43.5. The second-order valence-corrected chi connectivity index (χ2v) is 21.7. The Labute approximate surface area is 522 Å². The van der Waals surface area contributed by atoms with Crippen molar-refractivity contribution in [3.05, 3.63) is 151 Å². The van der Waals surface area contributed by atoms with Crippen molar-refractivity contribution >= 4 is 121 Å². The maximum absolute atomic E-state index is 14.2. The van der Waals surface area contributed by atoms with Crippen molar-refractivity contribution in [3.63, 3.8) is 0 Å². The number of carbonyl (C=O) groups is 2. The summed E-state index contributed by atoms with van der Waals surface area (Å²) < 4.78 is 121. The zero-order valence-electron chi connectivity index (χ0n) is 43.2. The molecule has 7 aromatic heterocycles. The van der Waals surface area contributed by atoms with Gasteiger partial charge in [0, 0.05) is 41.0 Å². The molecule has 1 amide bonds. The standard InChI is InChI=1S/C21H15F4N7O3.C17H14FN7O.C5H5N.C3H4BrF3O.C3Cl6O3/c22-12-4-2-1-3-11(12)9-32-15(13-5-6-34-30-13)7-14(29-32)19-27-8-16(18(26)28-19)31-10-17(21(23,24)25)35-20(31)33;18-11-4-2-1-3-10(11)9-25-15(13-5-6-26-24-13)7-14(23-25)17-21-8-12(19)16(20)22-17;1-2-4-6-5-3-1;4-1-2(8)3(5,6)7;4-2(5,6)11-1(10)12-3(7,8)9/h1-8,17H,9-10H2,(H2,26,27,28);1-8H,9,19H2,(H2,20,21,22);1-5H;2,8H,1H2;. The van der Waals surface area contributed by atoms with E-state index in [1.165, 1.54) is 35.5 Å². The van der Waals surface area contributed by atoms with Crippen LogP contribution in [0.3, 0.4) is 0 Å². The molecule has 1 saturated heterocycles. The molecule has 7 N–H and O–H groups in total. The van der Waals surface area contributed by atoms with Crippen molar-refractivity contribution in [3.8, 4) is 45.8 Å². The molecule has 87 heavy (non-hydrogen) atoms. The summed E-state index contributed by atoms with van der Waals surface area (Å²) in [5, 5.41) is 24.3. The van der Waals surface area contributed by atoms with Crippen molar-refractivity contribution in [2.75, 3.05) is 34.0 Å². The van der Waals surface area contributed by atoms with Gasteiger partial charge in [0.15, 0.2) is 29.4 Å². The second kappa shape index (κ2) is 30.2. The number of pyridine rings is 1. The van der Waals surface area contributed by atoms with Crippen LogP contribution in [0.15, 0.2) is 137 Å². The number of rotatable bonds is 10. The van der Waals surface area contributed by atoms with Gasteiger partial charge < -0.3 is 45.6 Å². The summed E-state index contributed by atoms with van der Waals surface area (Å²) in [7, 11) is 0. The van der Waals surface area contributed by atoms with E-state index in [0.29, 0.717) is 45.4 Å². The van der Waals surface area contributed by atoms with Crippen molar-refractivity contribution in [1.82, 2.24) is 54.8 Å². The van der Waals surface area contributed by atoms with Crippen molar-refractivity contribution < 1.29 is 73.1 Å². The first-order valence-electron chi connectivity index (χ1n) is 23.6. The largest absolute Gasteiger partial charge is 0.515 e. The average Bonchev–Trinajstić information content (AvgIpc) is 1.89. The lowest BCUT2D eigenvalue weighted by Crippen LogP contribution is -2.33. The molecule has 2 atom stereocenters. The van der Waals surface area contributed by atoms with Crippen LogP contribution in [-0.2, 0) is 27.3 Å². The van der Waals surface area contributed by atoms with E-state index in [4.69, 9.17) is 101 Å². The van der Waals surface area contributed by atoms with E-state index < -0.39 is 62.5 Å². The molecule has 0 aliphatic carbocycles. The van der Waals surface area contributed by atoms with Gasteiger partial charge in [0.05, 0.1) is 49.1 Å². The number of ether oxygens (including phenoxy) is 3. The lowest BCUT2D eigenvalue weighted by molar-refractivity contribution is -0.195. The predicted molar refractivity (Wildman–Crippen MR) is 304 cm³/mol. The monoisotopic (exact) mass is 1410 g/mol. The number of halogens is 15. The van der Waals surface area contributed by atoms with Gasteiger partial charge >= 0.3 is 32.6 Å². The van der Waals surface area contributed by atoms with Crippen molar-refractivity contribution in [1.29, 1.82) is 0 Å². The Balaban J connectivity index is 0.000000202. The number of benzene rings is 2. The first-order chi connectivity index (χ1) is 40.9. The van der Waals surface area contributed by atoms with E-state index >= 15 is 0 Å². The fourth-order valence-corrected chi connectivity index (χ4v) is 7.40. The number of carbonyl (C=O) groups excluding carboxylic acids is 2. The minimum Gasteiger partial charge on any atom is -0.434 e. The maximum Gasteiger partial charge on any atom is 0.515 e. The first-order valence-corrected chi connectivity index (χ1v) is 27.0. The number of anilines is 4. The summed E-state index contributed by atoms with van der Waals surface area (Å²) in [6, 6.07) is 25.0. The zero-order chi connectivity index (χ0) is 63.9. The van der Waals surface area contributed by atoms with Crippen LogP contribution < -0.4 is 22.1 Å². The molecule has 10 rings (SSSR count). The number of cyclic esters (lactones) is 1. The zero-order valence-corrected chi connectivity index (χ0v) is 49.3. The average molecular weight is 1410 g/mol. The van der Waals surface area contributed by atoms with Crippen molar-refractivity contribution in [2.45, 2.75) is 45.6 Å². The highest BCUT2D eigenvalue weighted by Crippen LogP contribution is 2.35. The van der Waals surface area contributed by atoms with Gasteiger partial charge in [0.25, 0.3) is 0 Å². The quantitative estimate of drug-likeness (QED) is 0.0561. The molecule has 2 unspecified atom stereocenters. The lowest BCUT2D eigenvalue weighted by Gasteiger charge is -2.15. The third kappa shape index (κ3) is 20.6. The number of aliphatic hydroxyl groups excluding tert-OH is 1. The van der Waals surface area contributed by atoms with Gasteiger partial charge in [-0.05, 0) is 106 Å². The van der Waals surface area contributed by atoms with Gasteiger partial charge in [-0.1, -0.05) is 68.7 Å². The van der Waals surface area contributed by atoms with Gasteiger partial charge in [0.2, 0.25) is 6.10 Å². The van der Waals surface area contributed by atoms with Crippen LogP contribution in [0.2, 0.25) is 0 Å². The Bertz CT molecular complexity index is 3640. The van der Waals surface area contributed by atoms with Crippen LogP contribution in [0, 0.1) is 11.6 Å². The molecule has 1 aliphatic heterocycles. The lowest BCUT2D eigenvalue weighted by atomic mass is 10.2. The van der Waals surface area contributed by atoms with E-state index in [2.05, 4.69) is 75.6 Å². The number of hydrogen-bond acceptors (Lipinski definition) is 20. The summed E-state index contributed by atoms with van der Waals surface area (Å²) in [6.07, 6.45) is -7.49. The van der Waals surface area contributed by atoms with Gasteiger partial charge in [-0.2, -0.15) is 36.5 Å². The number of nitrogens with two attached hydrogens (primary N) is 3. The van der Waals surface area contributed by atoms with Crippen LogP contribution >= 0.6 is 85.5 Å². The fraction of sp³-hybridized carbons (Fsp3) is 0.204. The van der Waals surface area contributed by atoms with Crippen LogP contribution in [0.1, 0.15) is 11.1 Å². The number of aliphatic hydroxyl groups is 1. The summed E-state index contributed by atoms with van der Waals surface area (Å²) in [5.41, 5.74) is 21.2. The van der Waals surface area contributed by atoms with E-state index in [1.54, 1.807) is 77.7 Å². The van der Waals surface area contributed by atoms with Crippen LogP contribution in [0.25, 0.3) is 45.8 Å². The highest BCUT2D eigenvalue weighted by Gasteiger charge is 2.50. The van der Waals surface area contributed by atoms with Gasteiger partial charge in [-0.3, -0.25) is 19.2 Å². The number of aromatic nitrogens is 11. The summed E-state index contributed by atoms with van der Waals surface area (Å²) in [5.74, 6) is -0.473. The smallest absolute Gasteiger partial charge is 0.434 e. The Morgan fingerprint density at radius 3 is 1.51 bits per heavy atom. The minimum atomic E-state index is -4.72. The van der Waals surface area contributed by atoms with Crippen LogP contribution in [-0.4, -0.2) is 117 Å². The molecule has 9 aromatic rings. The number of nitrogen functional groups attached to an aromatic ring is 3. The molecule has 0 spiro atoms. The molecule has 0 bridgehead atoms. The molecule has 38 heteroatoms. The SMILES string of the molecule is Nc1cnc(-c2cc(-c3ccon3)n(Cc3ccccc3F)n2)nc1N.Nc1nc(-c2cc(-c3ccon3)n(Cc3ccccc3F)n2)ncc1N1CC(C(F)(F)F)OC1=O.O=C(OC(Cl)(Cl)Cl)OC(Cl)(Cl)Cl.OC(CBr)C(F)(F)F.c1ccncc1. The molecule has 462 valence electrons. The highest BCUT2D eigenvalue weighted by atomic mass is 79.9. The molecule has 1 fully saturated rings. The minimum absolute atomic E-state index is 0.0308. The van der Waals surface area contributed by atoms with E-state index in [-0.39, 0.29) is 53.4 Å². The molecule has 1 aliphatic rings. The van der Waals surface area contributed by atoms with Crippen molar-refractivity contribution in [2.24, 2.45) is 0 Å². The maximum atomic E-state index is 14.2. The topological polar surface area (TPSA) is 316 Å². The van der Waals surface area contributed by atoms with Crippen LogP contribution in [0.5, 0.6) is 0 Å². The van der Waals surface area contributed by atoms with E-state index in [0.717, 1.165) is 11.1 Å². The Morgan fingerprint density at radius 1 is 0.690 bits per heavy atom. The highest BCUT2D eigenvalue weighted by molar-refractivity contribution is 9.09. The Hall–Kier alpha value is -7.85. The van der Waals surface area contributed by atoms with Gasteiger partial charge in [-0.15, -0.1) is 0 Å². The van der Waals surface area contributed by atoms with Gasteiger partial charge in [-0.25, -0.2) is 38.3 Å². The Morgan fingerprint density at radius 2 is 1.16 bits per heavy atom. The van der Waals surface area contributed by atoms with Crippen LogP contribution in [0.4, 0.5) is 67.7 Å². The molecule has 0 radical (unpaired) electrons. The summed E-state index contributed by atoms with van der Waals surface area (Å²) >= 11 is 32.7. The molecular formula is C49H38BrCl6F8N15O8. The number of alkyl halides is 13. The Kier molecular flexibility index (Phi) is 23.7. The third-order valence-electron chi connectivity index (χ3n) is 10.6. The second-order valence-electron chi connectivity index (χ2n) is 16.7. The number of amides is 1. The number of nitrogens with zero attached hydrogens (tertiary/aromatic N) is 12. The normalized spacial score (nSPS) is 13.5. The molecular weight excluding hydrogens is 1370 g/mol. The molecule has 8 heterocycles. The summed E-state index contributed by atoms with van der Waals surface area (Å²) in [6.45, 7) is -0.511. The fourth-order valence-electron chi connectivity index (χ4n) is 6.66. The van der Waals surface area contributed by atoms with Gasteiger partial charge in [0.1, 0.15) is 52.6 Å². The molecule has 2 aromatic carbocycles.